The van der Waals surface area contributed by atoms with Gasteiger partial charge < -0.3 is 19.1 Å². The van der Waals surface area contributed by atoms with E-state index in [1.54, 1.807) is 0 Å². The van der Waals surface area contributed by atoms with Crippen LogP contribution in [0, 0.1) is 0 Å². The van der Waals surface area contributed by atoms with Crippen LogP contribution in [0.3, 0.4) is 0 Å². The highest BCUT2D eigenvalue weighted by Crippen LogP contribution is 2.25. The molecule has 0 spiro atoms. The van der Waals surface area contributed by atoms with Crippen LogP contribution < -0.4 is 0 Å². The zero-order valence-electron chi connectivity index (χ0n) is 49.7. The first-order valence-electron chi connectivity index (χ1n) is 31.9. The molecule has 0 radical (unpaired) electrons. The van der Waals surface area contributed by atoms with Crippen molar-refractivity contribution in [2.24, 2.45) is 0 Å². The summed E-state index contributed by atoms with van der Waals surface area (Å²) in [6, 6.07) is 0.460. The van der Waals surface area contributed by atoms with Crippen LogP contribution in [-0.4, -0.2) is 97.8 Å². The van der Waals surface area contributed by atoms with E-state index in [2.05, 4.69) is 58.5 Å². The summed E-state index contributed by atoms with van der Waals surface area (Å²) in [7, 11) is 8.07. The first kappa shape index (κ1) is 72.0. The van der Waals surface area contributed by atoms with E-state index in [-0.39, 0.29) is 30.1 Å². The van der Waals surface area contributed by atoms with Gasteiger partial charge in [0, 0.05) is 36.9 Å². The molecule has 0 fully saturated rings. The Morgan fingerprint density at radius 1 is 0.356 bits per heavy atom. The Kier molecular flexibility index (Phi) is 56.5. The minimum Gasteiger partial charge on any atom is -0.465 e. The fourth-order valence-corrected chi connectivity index (χ4v) is 12.0. The van der Waals surface area contributed by atoms with Gasteiger partial charge in [0.1, 0.15) is 18.8 Å². The van der Waals surface area contributed by atoms with Gasteiger partial charge in [-0.15, -0.1) is 0 Å². The van der Waals surface area contributed by atoms with Crippen molar-refractivity contribution in [1.29, 1.82) is 0 Å². The van der Waals surface area contributed by atoms with Crippen LogP contribution in [-0.2, 0) is 28.6 Å². The molecular formula is C63H124N2O6S2. The van der Waals surface area contributed by atoms with Gasteiger partial charge >= 0.3 is 17.9 Å². The number of hydrogen-bond acceptors (Lipinski definition) is 10. The molecule has 434 valence electrons. The molecule has 0 heterocycles. The zero-order chi connectivity index (χ0) is 53.5. The van der Waals surface area contributed by atoms with Crippen LogP contribution in [0.15, 0.2) is 0 Å². The summed E-state index contributed by atoms with van der Waals surface area (Å²) in [5.41, 5.74) is 0. The lowest BCUT2D eigenvalue weighted by atomic mass is 9.98. The van der Waals surface area contributed by atoms with Crippen molar-refractivity contribution >= 4 is 39.5 Å². The van der Waals surface area contributed by atoms with E-state index in [4.69, 9.17) is 14.2 Å². The van der Waals surface area contributed by atoms with E-state index in [0.29, 0.717) is 31.9 Å². The monoisotopic (exact) mass is 1070 g/mol. The molecule has 0 N–H and O–H groups in total. The number of hydrogen-bond donors (Lipinski definition) is 0. The maximum atomic E-state index is 13.1. The van der Waals surface area contributed by atoms with Gasteiger partial charge in [0.2, 0.25) is 0 Å². The zero-order valence-corrected chi connectivity index (χ0v) is 51.4. The smallest absolute Gasteiger partial charge is 0.307 e. The third kappa shape index (κ3) is 51.5. The summed E-state index contributed by atoms with van der Waals surface area (Å²) in [6.07, 6.45) is 50.4. The molecule has 0 aliphatic heterocycles. The maximum Gasteiger partial charge on any atom is 0.307 e. The molecule has 0 aliphatic rings. The van der Waals surface area contributed by atoms with Crippen LogP contribution in [0.25, 0.3) is 0 Å². The van der Waals surface area contributed by atoms with Crippen LogP contribution >= 0.6 is 21.6 Å². The predicted octanol–water partition coefficient (Wildman–Crippen LogP) is 19.2. The number of carbonyl (C=O) groups excluding carboxylic acids is 3. The number of carbonyl (C=O) groups is 3. The van der Waals surface area contributed by atoms with Gasteiger partial charge in [0.05, 0.1) is 6.42 Å². The minimum absolute atomic E-state index is 0.0127. The van der Waals surface area contributed by atoms with Crippen molar-refractivity contribution < 1.29 is 28.6 Å². The largest absolute Gasteiger partial charge is 0.465 e. The summed E-state index contributed by atoms with van der Waals surface area (Å²) >= 11 is 0. The number of unbranched alkanes of at least 4 members (excludes halogenated alkanes) is 27. The van der Waals surface area contributed by atoms with Crippen molar-refractivity contribution in [2.45, 2.75) is 335 Å². The Morgan fingerprint density at radius 3 is 1.14 bits per heavy atom. The van der Waals surface area contributed by atoms with E-state index >= 15 is 0 Å². The molecule has 0 aromatic carbocycles. The molecule has 0 unspecified atom stereocenters. The highest BCUT2D eigenvalue weighted by Gasteiger charge is 2.21. The quantitative estimate of drug-likeness (QED) is 0.0254. The molecule has 0 aromatic rings. The molecule has 0 rings (SSSR count). The second-order valence-electron chi connectivity index (χ2n) is 22.2. The average Bonchev–Trinajstić information content (AvgIpc) is 3.37. The average molecular weight is 1070 g/mol. The number of rotatable bonds is 59. The van der Waals surface area contributed by atoms with Gasteiger partial charge in [-0.25, -0.2) is 0 Å². The highest BCUT2D eigenvalue weighted by atomic mass is 33.1. The Bertz CT molecular complexity index is 1100. The van der Waals surface area contributed by atoms with Crippen LogP contribution in [0.5, 0.6) is 0 Å². The Balaban J connectivity index is 5.19. The van der Waals surface area contributed by atoms with E-state index in [1.807, 2.05) is 21.6 Å². The van der Waals surface area contributed by atoms with Gasteiger partial charge in [0.15, 0.2) is 0 Å². The maximum absolute atomic E-state index is 13.1. The molecule has 73 heavy (non-hydrogen) atoms. The van der Waals surface area contributed by atoms with Crippen LogP contribution in [0.2, 0.25) is 0 Å². The first-order valence-corrected chi connectivity index (χ1v) is 34.4. The summed E-state index contributed by atoms with van der Waals surface area (Å²) in [5, 5.41) is 0. The van der Waals surface area contributed by atoms with Crippen molar-refractivity contribution in [3.63, 3.8) is 0 Å². The SMILES string of the molecule is CCCCCCCCSSCCOC(=O)CCN(CCCN(C)C)C(CCCCCCCCC(=O)OC(CCCCCC)CCCCCC)CCCCCCCCC(=O)OC(CCCCCC)CCCCCC. The summed E-state index contributed by atoms with van der Waals surface area (Å²) < 4.78 is 17.9. The fourth-order valence-electron chi connectivity index (χ4n) is 10.1. The van der Waals surface area contributed by atoms with Crippen molar-refractivity contribution in [1.82, 2.24) is 9.80 Å². The van der Waals surface area contributed by atoms with Crippen molar-refractivity contribution in [3.05, 3.63) is 0 Å². The molecule has 0 aliphatic carbocycles. The molecule has 0 saturated carbocycles. The lowest BCUT2D eigenvalue weighted by Crippen LogP contribution is -2.39. The minimum atomic E-state index is -0.0606. The normalized spacial score (nSPS) is 11.8. The van der Waals surface area contributed by atoms with Gasteiger partial charge in [-0.2, -0.15) is 0 Å². The number of ether oxygens (including phenoxy) is 3. The van der Waals surface area contributed by atoms with Gasteiger partial charge in [-0.3, -0.25) is 19.3 Å². The molecule has 8 nitrogen and oxygen atoms in total. The predicted molar refractivity (Wildman–Crippen MR) is 321 cm³/mol. The summed E-state index contributed by atoms with van der Waals surface area (Å²) in [5.74, 6) is 2.00. The highest BCUT2D eigenvalue weighted by molar-refractivity contribution is 8.76. The van der Waals surface area contributed by atoms with Gasteiger partial charge in [0.25, 0.3) is 0 Å². The third-order valence-corrected chi connectivity index (χ3v) is 17.2. The van der Waals surface area contributed by atoms with E-state index in [9.17, 15) is 14.4 Å². The van der Waals surface area contributed by atoms with Crippen molar-refractivity contribution in [2.75, 3.05) is 51.8 Å². The van der Waals surface area contributed by atoms with Crippen LogP contribution in [0.4, 0.5) is 0 Å². The number of esters is 3. The number of nitrogens with zero attached hydrogens (tertiary/aromatic N) is 2. The van der Waals surface area contributed by atoms with E-state index in [1.165, 1.54) is 198 Å². The summed E-state index contributed by atoms with van der Waals surface area (Å²) in [4.78, 5) is 43.8. The van der Waals surface area contributed by atoms with E-state index < -0.39 is 0 Å². The molecule has 0 aromatic heterocycles. The molecule has 0 atom stereocenters. The first-order chi connectivity index (χ1) is 35.7. The van der Waals surface area contributed by atoms with E-state index in [0.717, 1.165) is 96.0 Å². The molecule has 0 amide bonds. The topological polar surface area (TPSA) is 85.4 Å². The Hall–Kier alpha value is -0.970. The lowest BCUT2D eigenvalue weighted by molar-refractivity contribution is -0.151. The van der Waals surface area contributed by atoms with Crippen molar-refractivity contribution in [3.8, 4) is 0 Å². The fraction of sp³-hybridized carbons (Fsp3) is 0.952. The molecule has 0 bridgehead atoms. The standard InChI is InChI=1S/C63H124N2O6S2/c1-8-13-18-23-32-41-56-72-73-57-55-69-61(66)51-54-65(53-42-52-64(6)7)58(43-33-28-24-26-30-39-49-62(67)70-59(45-35-19-14-9-2)46-36-20-15-10-3)44-34-29-25-27-31-40-50-63(68)71-60(47-37-21-16-11-4)48-38-22-17-12-5/h58-60H,8-57H2,1-7H3. The third-order valence-electron chi connectivity index (χ3n) is 14.7. The molecule has 0 saturated heterocycles. The lowest BCUT2D eigenvalue weighted by Gasteiger charge is -2.32. The van der Waals surface area contributed by atoms with Gasteiger partial charge in [-0.1, -0.05) is 230 Å². The molecule has 10 heteroatoms. The summed E-state index contributed by atoms with van der Waals surface area (Å²) in [6.45, 7) is 14.6. The van der Waals surface area contributed by atoms with Crippen LogP contribution in [0.1, 0.15) is 317 Å². The van der Waals surface area contributed by atoms with Gasteiger partial charge in [-0.05, 0) is 117 Å². The second kappa shape index (κ2) is 57.2. The Morgan fingerprint density at radius 2 is 0.712 bits per heavy atom. The Labute approximate surface area is 462 Å². The molecular weight excluding hydrogens is 945 g/mol. The second-order valence-corrected chi connectivity index (χ2v) is 24.9.